The van der Waals surface area contributed by atoms with Crippen LogP contribution in [0.2, 0.25) is 0 Å². The van der Waals surface area contributed by atoms with E-state index in [9.17, 15) is 4.79 Å². The molecule has 4 nitrogen and oxygen atoms in total. The van der Waals surface area contributed by atoms with Crippen LogP contribution in [0.15, 0.2) is 42.7 Å². The molecular formula is C17H15NO3. The van der Waals surface area contributed by atoms with Crippen LogP contribution in [0.5, 0.6) is 5.75 Å². The van der Waals surface area contributed by atoms with Crippen molar-refractivity contribution in [3.05, 3.63) is 59.4 Å². The number of ether oxygens (including phenoxy) is 2. The molecule has 1 aliphatic heterocycles. The van der Waals surface area contributed by atoms with Crippen LogP contribution in [-0.2, 0) is 11.2 Å². The van der Waals surface area contributed by atoms with Crippen LogP contribution in [0.3, 0.4) is 0 Å². The van der Waals surface area contributed by atoms with Crippen molar-refractivity contribution in [2.24, 2.45) is 0 Å². The first-order valence-electron chi connectivity index (χ1n) is 7.04. The summed E-state index contributed by atoms with van der Waals surface area (Å²) in [5, 5.41) is 0. The number of aromatic nitrogens is 1. The Morgan fingerprint density at radius 2 is 2.29 bits per heavy atom. The van der Waals surface area contributed by atoms with E-state index in [-0.39, 0.29) is 11.9 Å². The highest BCUT2D eigenvalue weighted by atomic mass is 16.6. The average molecular weight is 281 g/mol. The highest BCUT2D eigenvalue weighted by molar-refractivity contribution is 6.07. The third-order valence-electron chi connectivity index (χ3n) is 4.39. The zero-order valence-corrected chi connectivity index (χ0v) is 11.7. The van der Waals surface area contributed by atoms with Gasteiger partial charge in [0.05, 0.1) is 7.11 Å². The molecule has 4 rings (SSSR count). The number of pyridine rings is 1. The fourth-order valence-electron chi connectivity index (χ4n) is 3.18. The van der Waals surface area contributed by atoms with Crippen LogP contribution in [-0.4, -0.2) is 23.5 Å². The van der Waals surface area contributed by atoms with Crippen LogP contribution in [0.25, 0.3) is 0 Å². The Balaban J connectivity index is 1.70. The van der Waals surface area contributed by atoms with E-state index in [2.05, 4.69) is 4.98 Å². The second kappa shape index (κ2) is 4.40. The van der Waals surface area contributed by atoms with Crippen molar-refractivity contribution in [2.45, 2.75) is 24.5 Å². The molecule has 4 heteroatoms. The molecule has 0 amide bonds. The van der Waals surface area contributed by atoms with E-state index in [4.69, 9.17) is 9.47 Å². The number of benzene rings is 1. The summed E-state index contributed by atoms with van der Waals surface area (Å²) in [5.41, 5.74) is 2.08. The van der Waals surface area contributed by atoms with E-state index in [1.807, 2.05) is 30.3 Å². The van der Waals surface area contributed by atoms with Crippen LogP contribution in [0.1, 0.15) is 34.0 Å². The van der Waals surface area contributed by atoms with Gasteiger partial charge in [0.1, 0.15) is 11.9 Å². The highest BCUT2D eigenvalue weighted by Crippen LogP contribution is 2.56. The Labute approximate surface area is 122 Å². The molecule has 0 unspecified atom stereocenters. The monoisotopic (exact) mass is 281 g/mol. The van der Waals surface area contributed by atoms with E-state index >= 15 is 0 Å². The van der Waals surface area contributed by atoms with Crippen molar-refractivity contribution < 1.29 is 14.3 Å². The van der Waals surface area contributed by atoms with Gasteiger partial charge in [0.15, 0.2) is 11.4 Å². The Hall–Kier alpha value is -2.20. The smallest absolute Gasteiger partial charge is 0.198 e. The zero-order chi connectivity index (χ0) is 14.4. The minimum atomic E-state index is -0.692. The second-order valence-electron chi connectivity index (χ2n) is 5.53. The summed E-state index contributed by atoms with van der Waals surface area (Å²) >= 11 is 0. The van der Waals surface area contributed by atoms with Gasteiger partial charge in [-0.25, -0.2) is 0 Å². The fourth-order valence-corrected chi connectivity index (χ4v) is 3.18. The van der Waals surface area contributed by atoms with Crippen molar-refractivity contribution >= 4 is 5.78 Å². The standard InChI is InChI=1S/C17H15NO3/c1-20-13-5-4-11-6-7-17(15(19)14(11)9-13)16(21-17)12-3-2-8-18-10-12/h2-5,8-10,16H,6-7H2,1H3/t16-,17+/m1/s1. The Bertz CT molecular complexity index is 713. The molecule has 106 valence electrons. The van der Waals surface area contributed by atoms with Crippen LogP contribution < -0.4 is 4.74 Å². The number of Topliss-reactive ketones (excluding diaryl/α,β-unsaturated/α-hetero) is 1. The minimum absolute atomic E-state index is 0.0662. The lowest BCUT2D eigenvalue weighted by Gasteiger charge is -2.21. The second-order valence-corrected chi connectivity index (χ2v) is 5.53. The SMILES string of the molecule is COc1ccc2c(c1)C(=O)[C@]1(CC2)O[C@@H]1c1cccnc1. The first kappa shape index (κ1) is 12.5. The summed E-state index contributed by atoms with van der Waals surface area (Å²) in [5.74, 6) is 0.772. The molecule has 0 bridgehead atoms. The van der Waals surface area contributed by atoms with Gasteiger partial charge in [-0.15, -0.1) is 0 Å². The predicted molar refractivity (Wildman–Crippen MR) is 76.4 cm³/mol. The maximum absolute atomic E-state index is 12.9. The van der Waals surface area contributed by atoms with Crippen molar-refractivity contribution in [1.82, 2.24) is 4.98 Å². The van der Waals surface area contributed by atoms with Crippen LogP contribution in [0.4, 0.5) is 0 Å². The number of ketones is 1. The maximum Gasteiger partial charge on any atom is 0.198 e. The molecule has 2 atom stereocenters. The van der Waals surface area contributed by atoms with Gasteiger partial charge in [-0.3, -0.25) is 9.78 Å². The van der Waals surface area contributed by atoms with Gasteiger partial charge in [-0.2, -0.15) is 0 Å². The Kier molecular flexibility index (Phi) is 2.62. The van der Waals surface area contributed by atoms with Crippen molar-refractivity contribution in [3.63, 3.8) is 0 Å². The number of carbonyl (C=O) groups is 1. The number of nitrogens with zero attached hydrogens (tertiary/aromatic N) is 1. The number of fused-ring (bicyclic) bond motifs is 1. The van der Waals surface area contributed by atoms with Crippen molar-refractivity contribution in [1.29, 1.82) is 0 Å². The fraction of sp³-hybridized carbons (Fsp3) is 0.294. The van der Waals surface area contributed by atoms with Gasteiger partial charge in [0.2, 0.25) is 0 Å². The molecule has 0 saturated carbocycles. The molecule has 1 aliphatic carbocycles. The van der Waals surface area contributed by atoms with Gasteiger partial charge in [0.25, 0.3) is 0 Å². The maximum atomic E-state index is 12.9. The molecule has 0 radical (unpaired) electrons. The summed E-state index contributed by atoms with van der Waals surface area (Å²) in [6.45, 7) is 0. The van der Waals surface area contributed by atoms with E-state index < -0.39 is 5.60 Å². The average Bonchev–Trinajstić information content (AvgIpc) is 3.27. The Morgan fingerprint density at radius 1 is 1.38 bits per heavy atom. The van der Waals surface area contributed by atoms with Crippen LogP contribution >= 0.6 is 0 Å². The number of epoxide rings is 1. The number of rotatable bonds is 2. The first-order valence-corrected chi connectivity index (χ1v) is 7.04. The number of aryl methyl sites for hydroxylation is 1. The molecule has 1 aromatic carbocycles. The lowest BCUT2D eigenvalue weighted by atomic mass is 9.79. The van der Waals surface area contributed by atoms with Gasteiger partial charge < -0.3 is 9.47 Å². The lowest BCUT2D eigenvalue weighted by Crippen LogP contribution is -2.31. The van der Waals surface area contributed by atoms with Crippen molar-refractivity contribution in [3.8, 4) is 5.75 Å². The molecule has 1 fully saturated rings. The molecule has 0 N–H and O–H groups in total. The van der Waals surface area contributed by atoms with Gasteiger partial charge >= 0.3 is 0 Å². The number of hydrogen-bond acceptors (Lipinski definition) is 4. The topological polar surface area (TPSA) is 51.7 Å². The van der Waals surface area contributed by atoms with Crippen LogP contribution in [0, 0.1) is 0 Å². The third kappa shape index (κ3) is 1.79. The van der Waals surface area contributed by atoms with E-state index in [0.717, 1.165) is 29.5 Å². The number of carbonyl (C=O) groups excluding carboxylic acids is 1. The summed E-state index contributed by atoms with van der Waals surface area (Å²) in [4.78, 5) is 17.0. The zero-order valence-electron chi connectivity index (χ0n) is 11.7. The molecule has 1 aromatic heterocycles. The van der Waals surface area contributed by atoms with Gasteiger partial charge in [-0.05, 0) is 36.6 Å². The summed E-state index contributed by atoms with van der Waals surface area (Å²) in [6, 6.07) is 9.52. The summed E-state index contributed by atoms with van der Waals surface area (Å²) < 4.78 is 11.1. The van der Waals surface area contributed by atoms with Crippen molar-refractivity contribution in [2.75, 3.05) is 7.11 Å². The molecular weight excluding hydrogens is 266 g/mol. The first-order chi connectivity index (χ1) is 10.2. The number of methoxy groups -OCH3 is 1. The molecule has 2 aromatic rings. The molecule has 2 heterocycles. The summed E-state index contributed by atoms with van der Waals surface area (Å²) in [7, 11) is 1.61. The molecule has 1 saturated heterocycles. The molecule has 2 aliphatic rings. The van der Waals surface area contributed by atoms with Gasteiger partial charge in [0, 0.05) is 23.5 Å². The normalized spacial score (nSPS) is 26.5. The Morgan fingerprint density at radius 3 is 3.05 bits per heavy atom. The predicted octanol–water partition coefficient (Wildman–Crippen LogP) is 2.73. The van der Waals surface area contributed by atoms with Gasteiger partial charge in [-0.1, -0.05) is 12.1 Å². The van der Waals surface area contributed by atoms with E-state index in [1.165, 1.54) is 0 Å². The third-order valence-corrected chi connectivity index (χ3v) is 4.39. The van der Waals surface area contributed by atoms with E-state index in [0.29, 0.717) is 5.75 Å². The lowest BCUT2D eigenvalue weighted by molar-refractivity contribution is 0.0849. The highest BCUT2D eigenvalue weighted by Gasteiger charge is 2.64. The number of hydrogen-bond donors (Lipinski definition) is 0. The quantitative estimate of drug-likeness (QED) is 0.794. The molecule has 21 heavy (non-hydrogen) atoms. The minimum Gasteiger partial charge on any atom is -0.497 e. The molecule has 1 spiro atoms. The summed E-state index contributed by atoms with van der Waals surface area (Å²) in [6.07, 6.45) is 4.90. The largest absolute Gasteiger partial charge is 0.497 e. The van der Waals surface area contributed by atoms with E-state index in [1.54, 1.807) is 19.5 Å².